The van der Waals surface area contributed by atoms with E-state index in [1.54, 1.807) is 7.11 Å². The average Bonchev–Trinajstić information content (AvgIpc) is 3.37. The zero-order valence-corrected chi connectivity index (χ0v) is 19.4. The molecule has 1 atom stereocenters. The quantitative estimate of drug-likeness (QED) is 0.533. The Morgan fingerprint density at radius 2 is 1.94 bits per heavy atom. The number of ether oxygens (including phenoxy) is 2. The largest absolute Gasteiger partial charge is 0.496 e. The Hall–Kier alpha value is -3.61. The van der Waals surface area contributed by atoms with E-state index >= 15 is 0 Å². The number of anilines is 1. The second kappa shape index (κ2) is 9.71. The predicted octanol–water partition coefficient (Wildman–Crippen LogP) is 4.98. The minimum absolute atomic E-state index is 0.0646. The number of methoxy groups -OCH3 is 1. The van der Waals surface area contributed by atoms with Gasteiger partial charge in [-0.2, -0.15) is 0 Å². The molecule has 2 aromatic carbocycles. The molecule has 0 amide bonds. The van der Waals surface area contributed by atoms with Gasteiger partial charge in [0.15, 0.2) is 0 Å². The highest BCUT2D eigenvalue weighted by Crippen LogP contribution is 2.38. The molecule has 0 radical (unpaired) electrons. The summed E-state index contributed by atoms with van der Waals surface area (Å²) in [7, 11) is 1.67. The molecular formula is C27H29N3O4. The van der Waals surface area contributed by atoms with Gasteiger partial charge >= 0.3 is 5.97 Å². The van der Waals surface area contributed by atoms with E-state index in [4.69, 9.17) is 9.47 Å². The number of hydrogen-bond donors (Lipinski definition) is 1. The van der Waals surface area contributed by atoms with Crippen molar-refractivity contribution in [3.63, 3.8) is 0 Å². The fourth-order valence-electron chi connectivity index (χ4n) is 5.06. The van der Waals surface area contributed by atoms with Crippen molar-refractivity contribution in [3.8, 4) is 11.5 Å². The smallest absolute Gasteiger partial charge is 0.339 e. The van der Waals surface area contributed by atoms with E-state index in [1.807, 2.05) is 24.3 Å². The van der Waals surface area contributed by atoms with E-state index in [-0.39, 0.29) is 18.2 Å². The van der Waals surface area contributed by atoms with Crippen LogP contribution in [0.4, 0.5) is 5.95 Å². The van der Waals surface area contributed by atoms with Crippen LogP contribution >= 0.6 is 0 Å². The normalized spacial score (nSPS) is 17.3. The minimum Gasteiger partial charge on any atom is -0.496 e. The lowest BCUT2D eigenvalue weighted by atomic mass is 9.92. The number of carboxylic acids is 1. The summed E-state index contributed by atoms with van der Waals surface area (Å²) < 4.78 is 11.6. The van der Waals surface area contributed by atoms with Gasteiger partial charge in [0.2, 0.25) is 5.95 Å². The molecule has 1 saturated heterocycles. The number of nitrogens with zero attached hydrogens (tertiary/aromatic N) is 3. The Morgan fingerprint density at radius 1 is 1.12 bits per heavy atom. The van der Waals surface area contributed by atoms with Gasteiger partial charge in [-0.1, -0.05) is 24.3 Å². The summed E-state index contributed by atoms with van der Waals surface area (Å²) in [6.45, 7) is 0.864. The molecule has 1 aromatic heterocycles. The van der Waals surface area contributed by atoms with Crippen molar-refractivity contribution in [2.24, 2.45) is 0 Å². The van der Waals surface area contributed by atoms with Crippen molar-refractivity contribution < 1.29 is 19.4 Å². The van der Waals surface area contributed by atoms with Crippen molar-refractivity contribution in [1.82, 2.24) is 9.97 Å². The number of rotatable bonds is 7. The molecule has 176 valence electrons. The van der Waals surface area contributed by atoms with E-state index in [1.165, 1.54) is 30.2 Å². The molecule has 0 spiro atoms. The molecule has 1 aliphatic heterocycles. The van der Waals surface area contributed by atoms with Crippen molar-refractivity contribution in [2.45, 2.75) is 51.2 Å². The van der Waals surface area contributed by atoms with E-state index in [0.29, 0.717) is 11.6 Å². The zero-order valence-electron chi connectivity index (χ0n) is 19.4. The summed E-state index contributed by atoms with van der Waals surface area (Å²) in [5.41, 5.74) is 4.23. The molecule has 1 fully saturated rings. The van der Waals surface area contributed by atoms with Gasteiger partial charge in [-0.3, -0.25) is 0 Å². The van der Waals surface area contributed by atoms with Crippen molar-refractivity contribution >= 4 is 11.9 Å². The maximum Gasteiger partial charge on any atom is 0.339 e. The van der Waals surface area contributed by atoms with E-state index in [0.717, 1.165) is 49.3 Å². The maximum absolute atomic E-state index is 11.9. The van der Waals surface area contributed by atoms with Crippen molar-refractivity contribution in [1.29, 1.82) is 0 Å². The maximum atomic E-state index is 11.9. The first kappa shape index (κ1) is 22.2. The fraction of sp³-hybridized carbons (Fsp3) is 0.370. The number of benzene rings is 2. The minimum atomic E-state index is -1.06. The molecule has 3 aromatic rings. The number of carbonyl (C=O) groups is 1. The number of para-hydroxylation sites is 1. The molecule has 34 heavy (non-hydrogen) atoms. The summed E-state index contributed by atoms with van der Waals surface area (Å²) in [6.07, 6.45) is 7.93. The lowest BCUT2D eigenvalue weighted by molar-refractivity contribution is 0.0692. The highest BCUT2D eigenvalue weighted by molar-refractivity contribution is 5.88. The van der Waals surface area contributed by atoms with Crippen LogP contribution in [0, 0.1) is 0 Å². The number of carboxylic acid groups (broad SMARTS) is 1. The molecule has 0 bridgehead atoms. The number of aryl methyl sites for hydroxylation is 2. The Balaban J connectivity index is 1.41. The van der Waals surface area contributed by atoms with Gasteiger partial charge in [-0.25, -0.2) is 14.8 Å². The third-order valence-electron chi connectivity index (χ3n) is 6.79. The molecule has 7 nitrogen and oxygen atoms in total. The van der Waals surface area contributed by atoms with Crippen LogP contribution in [0.5, 0.6) is 11.5 Å². The summed E-state index contributed by atoms with van der Waals surface area (Å²) in [5.74, 6) is 1.03. The molecule has 1 aliphatic carbocycles. The molecule has 2 heterocycles. The lowest BCUT2D eigenvalue weighted by Crippen LogP contribution is -2.26. The Kier molecular flexibility index (Phi) is 6.34. The van der Waals surface area contributed by atoms with Gasteiger partial charge in [0.1, 0.15) is 23.7 Å². The van der Waals surface area contributed by atoms with Gasteiger partial charge in [-0.15, -0.1) is 0 Å². The number of aromatic nitrogens is 2. The number of fused-ring (bicyclic) bond motifs is 1. The number of hydrogen-bond acceptors (Lipinski definition) is 6. The predicted molar refractivity (Wildman–Crippen MR) is 129 cm³/mol. The van der Waals surface area contributed by atoms with Crippen LogP contribution in [0.1, 0.15) is 64.5 Å². The first-order valence-electron chi connectivity index (χ1n) is 11.9. The van der Waals surface area contributed by atoms with Crippen LogP contribution in [0.3, 0.4) is 0 Å². The lowest BCUT2D eigenvalue weighted by Gasteiger charge is -2.26. The standard InChI is InChI=1S/C27H29N3O4/c1-33-25-11-5-4-9-21(25)24-10-6-14-30(24)27-28-16-22(26(31)32)23(29-27)17-34-20-13-12-18-7-2-3-8-19(18)15-20/h4-5,9,11-13,15-16,24H,2-3,6-8,10,14,17H2,1H3,(H,31,32)/t24-/m0/s1. The van der Waals surface area contributed by atoms with E-state index < -0.39 is 5.97 Å². The second-order valence-corrected chi connectivity index (χ2v) is 8.86. The molecule has 7 heteroatoms. The Morgan fingerprint density at radius 3 is 2.76 bits per heavy atom. The highest BCUT2D eigenvalue weighted by Gasteiger charge is 2.31. The summed E-state index contributed by atoms with van der Waals surface area (Å²) >= 11 is 0. The number of aromatic carboxylic acids is 1. The molecule has 0 saturated carbocycles. The van der Waals surface area contributed by atoms with Crippen molar-refractivity contribution in [2.75, 3.05) is 18.6 Å². The Labute approximate surface area is 199 Å². The van der Waals surface area contributed by atoms with Crippen molar-refractivity contribution in [3.05, 3.63) is 76.6 Å². The van der Waals surface area contributed by atoms with E-state index in [9.17, 15) is 9.90 Å². The zero-order chi connectivity index (χ0) is 23.5. The van der Waals surface area contributed by atoms with Gasteiger partial charge in [-0.05, 0) is 67.9 Å². The van der Waals surface area contributed by atoms with Crippen LogP contribution in [0.15, 0.2) is 48.7 Å². The van der Waals surface area contributed by atoms with Gasteiger partial charge in [0, 0.05) is 18.3 Å². The third-order valence-corrected chi connectivity index (χ3v) is 6.79. The monoisotopic (exact) mass is 459 g/mol. The average molecular weight is 460 g/mol. The molecular weight excluding hydrogens is 430 g/mol. The Bertz CT molecular complexity index is 1200. The van der Waals surface area contributed by atoms with E-state index in [2.05, 4.69) is 33.1 Å². The topological polar surface area (TPSA) is 84.8 Å². The fourth-order valence-corrected chi connectivity index (χ4v) is 5.06. The third kappa shape index (κ3) is 4.42. The highest BCUT2D eigenvalue weighted by atomic mass is 16.5. The molecule has 2 aliphatic rings. The first-order valence-corrected chi connectivity index (χ1v) is 11.9. The molecule has 1 N–H and O–H groups in total. The molecule has 0 unspecified atom stereocenters. The van der Waals surface area contributed by atoms with Crippen LogP contribution in [-0.2, 0) is 19.4 Å². The van der Waals surface area contributed by atoms with Gasteiger partial charge in [0.05, 0.1) is 18.8 Å². The summed E-state index contributed by atoms with van der Waals surface area (Å²) in [5, 5.41) is 9.71. The summed E-state index contributed by atoms with van der Waals surface area (Å²) in [4.78, 5) is 23.1. The van der Waals surface area contributed by atoms with Gasteiger partial charge < -0.3 is 19.5 Å². The van der Waals surface area contributed by atoms with Gasteiger partial charge in [0.25, 0.3) is 0 Å². The molecule has 5 rings (SSSR count). The summed E-state index contributed by atoms with van der Waals surface area (Å²) in [6, 6.07) is 14.2. The van der Waals surface area contributed by atoms with Crippen LogP contribution in [-0.4, -0.2) is 34.7 Å². The first-order chi connectivity index (χ1) is 16.6. The van der Waals surface area contributed by atoms with Crippen LogP contribution < -0.4 is 14.4 Å². The van der Waals surface area contributed by atoms with Crippen LogP contribution in [0.2, 0.25) is 0 Å². The SMILES string of the molecule is COc1ccccc1[C@@H]1CCCN1c1ncc(C(=O)O)c(COc2ccc3c(c2)CCCC3)n1. The second-order valence-electron chi connectivity index (χ2n) is 8.86. The van der Waals surface area contributed by atoms with Crippen LogP contribution in [0.25, 0.3) is 0 Å².